The van der Waals surface area contributed by atoms with Crippen molar-refractivity contribution in [3.63, 3.8) is 0 Å². The summed E-state index contributed by atoms with van der Waals surface area (Å²) in [4.78, 5) is 13.6. The first kappa shape index (κ1) is 14.5. The van der Waals surface area contributed by atoms with Crippen molar-refractivity contribution in [1.29, 1.82) is 0 Å². The second-order valence-electron chi connectivity index (χ2n) is 4.61. The first-order valence-corrected chi connectivity index (χ1v) is 6.20. The molecule has 110 valence electrons. The molecule has 0 aromatic heterocycles. The molecule has 4 nitrogen and oxygen atoms in total. The minimum atomic E-state index is -4.88. The molecule has 1 N–H and O–H groups in total. The molecule has 2 rings (SSSR count). The maximum Gasteiger partial charge on any atom is 0.573 e. The number of carbonyl (C=O) groups excluding carboxylic acids is 1. The van der Waals surface area contributed by atoms with E-state index < -0.39 is 17.9 Å². The van der Waals surface area contributed by atoms with Gasteiger partial charge in [0.2, 0.25) is 5.91 Å². The summed E-state index contributed by atoms with van der Waals surface area (Å²) in [7, 11) is 0. The van der Waals surface area contributed by atoms with E-state index in [1.165, 1.54) is 6.07 Å². The Labute approximate surface area is 113 Å². The molecule has 1 fully saturated rings. The number of carbonyl (C=O) groups is 1. The molecule has 0 saturated carbocycles. The molecule has 1 aromatic carbocycles. The number of phenolic OH excluding ortho intramolecular Hbond substituents is 1. The number of nitrogens with zero attached hydrogens (tertiary/aromatic N) is 1. The lowest BCUT2D eigenvalue weighted by Gasteiger charge is -2.16. The van der Waals surface area contributed by atoms with Crippen LogP contribution in [0.4, 0.5) is 13.2 Å². The molecule has 1 heterocycles. The van der Waals surface area contributed by atoms with Gasteiger partial charge in [-0.15, -0.1) is 13.2 Å². The first-order chi connectivity index (χ1) is 9.35. The molecule has 1 amide bonds. The Bertz CT molecular complexity index is 496. The van der Waals surface area contributed by atoms with E-state index in [9.17, 15) is 23.1 Å². The van der Waals surface area contributed by atoms with Crippen molar-refractivity contribution >= 4 is 5.91 Å². The Morgan fingerprint density at radius 2 is 1.95 bits per heavy atom. The zero-order valence-corrected chi connectivity index (χ0v) is 10.6. The molecule has 0 atom stereocenters. The Kier molecular flexibility index (Phi) is 4.06. The van der Waals surface area contributed by atoms with Gasteiger partial charge in [-0.2, -0.15) is 0 Å². The van der Waals surface area contributed by atoms with Gasteiger partial charge >= 0.3 is 6.36 Å². The average molecular weight is 289 g/mol. The fourth-order valence-corrected chi connectivity index (χ4v) is 2.13. The molecular weight excluding hydrogens is 275 g/mol. The van der Waals surface area contributed by atoms with Gasteiger partial charge in [0.25, 0.3) is 0 Å². The highest BCUT2D eigenvalue weighted by atomic mass is 19.4. The molecule has 20 heavy (non-hydrogen) atoms. The van der Waals surface area contributed by atoms with E-state index in [2.05, 4.69) is 4.74 Å². The highest BCUT2D eigenvalue weighted by Gasteiger charge is 2.32. The van der Waals surface area contributed by atoms with Crippen LogP contribution in [0.25, 0.3) is 0 Å². The minimum Gasteiger partial charge on any atom is -0.504 e. The Hall–Kier alpha value is -1.92. The number of benzene rings is 1. The normalized spacial score (nSPS) is 15.4. The summed E-state index contributed by atoms with van der Waals surface area (Å²) < 4.78 is 40.2. The van der Waals surface area contributed by atoms with Crippen molar-refractivity contribution in [1.82, 2.24) is 4.90 Å². The summed E-state index contributed by atoms with van der Waals surface area (Å²) in [6.45, 7) is 1.37. The van der Waals surface area contributed by atoms with Crippen LogP contribution in [0.1, 0.15) is 18.4 Å². The fraction of sp³-hybridized carbons (Fsp3) is 0.462. The van der Waals surface area contributed by atoms with Gasteiger partial charge in [-0.05, 0) is 30.5 Å². The third kappa shape index (κ3) is 3.79. The Balaban J connectivity index is 2.08. The molecule has 0 spiro atoms. The van der Waals surface area contributed by atoms with Gasteiger partial charge < -0.3 is 14.7 Å². The van der Waals surface area contributed by atoms with E-state index in [1.807, 2.05) is 0 Å². The first-order valence-electron chi connectivity index (χ1n) is 6.20. The number of halogens is 3. The van der Waals surface area contributed by atoms with Gasteiger partial charge in [0.15, 0.2) is 11.5 Å². The number of hydrogen-bond acceptors (Lipinski definition) is 3. The van der Waals surface area contributed by atoms with Crippen LogP contribution in [0, 0.1) is 0 Å². The van der Waals surface area contributed by atoms with E-state index in [0.717, 1.165) is 25.0 Å². The Morgan fingerprint density at radius 3 is 2.55 bits per heavy atom. The monoisotopic (exact) mass is 289 g/mol. The van der Waals surface area contributed by atoms with E-state index in [4.69, 9.17) is 0 Å². The molecular formula is C13H14F3NO3. The van der Waals surface area contributed by atoms with Crippen molar-refractivity contribution in [3.8, 4) is 11.5 Å². The van der Waals surface area contributed by atoms with Crippen LogP contribution in [-0.2, 0) is 11.2 Å². The number of amides is 1. The van der Waals surface area contributed by atoms with Crippen LogP contribution in [-0.4, -0.2) is 35.4 Å². The van der Waals surface area contributed by atoms with Gasteiger partial charge in [-0.1, -0.05) is 6.07 Å². The number of alkyl halides is 3. The second kappa shape index (κ2) is 5.60. The minimum absolute atomic E-state index is 0.00546. The molecule has 0 radical (unpaired) electrons. The third-order valence-electron chi connectivity index (χ3n) is 3.06. The summed E-state index contributed by atoms with van der Waals surface area (Å²) in [5.41, 5.74) is 0.374. The van der Waals surface area contributed by atoms with Crippen LogP contribution in [0.2, 0.25) is 0 Å². The molecule has 1 aliphatic heterocycles. The number of ether oxygens (including phenoxy) is 1. The van der Waals surface area contributed by atoms with Crippen molar-refractivity contribution in [3.05, 3.63) is 23.8 Å². The van der Waals surface area contributed by atoms with Crippen LogP contribution in [0.5, 0.6) is 11.5 Å². The molecule has 1 aliphatic rings. The van der Waals surface area contributed by atoms with Gasteiger partial charge in [-0.25, -0.2) is 0 Å². The van der Waals surface area contributed by atoms with Crippen molar-refractivity contribution < 1.29 is 27.8 Å². The molecule has 1 aromatic rings. The van der Waals surface area contributed by atoms with Crippen molar-refractivity contribution in [2.75, 3.05) is 13.1 Å². The fourth-order valence-electron chi connectivity index (χ4n) is 2.13. The predicted octanol–water partition coefficient (Wildman–Crippen LogP) is 2.46. The van der Waals surface area contributed by atoms with E-state index in [1.54, 1.807) is 4.90 Å². The van der Waals surface area contributed by atoms with Gasteiger partial charge in [-0.3, -0.25) is 4.79 Å². The standard InChI is InChI=1S/C13H14F3NO3/c14-13(15,16)20-11-7-9(3-4-10(11)18)8-12(19)17-5-1-2-6-17/h3-4,7,18H,1-2,5-6,8H2. The van der Waals surface area contributed by atoms with Gasteiger partial charge in [0.1, 0.15) is 0 Å². The molecule has 0 unspecified atom stereocenters. The summed E-state index contributed by atoms with van der Waals surface area (Å²) in [5, 5.41) is 9.32. The number of phenols is 1. The van der Waals surface area contributed by atoms with E-state index >= 15 is 0 Å². The summed E-state index contributed by atoms with van der Waals surface area (Å²) in [6, 6.07) is 3.54. The Morgan fingerprint density at radius 1 is 1.30 bits per heavy atom. The summed E-state index contributed by atoms with van der Waals surface area (Å²) in [5.74, 6) is -1.44. The van der Waals surface area contributed by atoms with Gasteiger partial charge in [0.05, 0.1) is 6.42 Å². The van der Waals surface area contributed by atoms with Crippen LogP contribution < -0.4 is 4.74 Å². The average Bonchev–Trinajstić information content (AvgIpc) is 2.85. The zero-order chi connectivity index (χ0) is 14.8. The molecule has 1 saturated heterocycles. The maximum atomic E-state index is 12.2. The quantitative estimate of drug-likeness (QED) is 0.930. The third-order valence-corrected chi connectivity index (χ3v) is 3.06. The number of rotatable bonds is 3. The predicted molar refractivity (Wildman–Crippen MR) is 64.3 cm³/mol. The largest absolute Gasteiger partial charge is 0.573 e. The smallest absolute Gasteiger partial charge is 0.504 e. The highest BCUT2D eigenvalue weighted by molar-refractivity contribution is 5.79. The zero-order valence-electron chi connectivity index (χ0n) is 10.6. The van der Waals surface area contributed by atoms with Crippen LogP contribution in [0.15, 0.2) is 18.2 Å². The topological polar surface area (TPSA) is 49.8 Å². The lowest BCUT2D eigenvalue weighted by molar-refractivity contribution is -0.275. The summed E-state index contributed by atoms with van der Waals surface area (Å²) >= 11 is 0. The summed E-state index contributed by atoms with van der Waals surface area (Å²) in [6.07, 6.45) is -2.99. The number of aromatic hydroxyl groups is 1. The number of likely N-dealkylation sites (tertiary alicyclic amines) is 1. The molecule has 0 bridgehead atoms. The molecule has 0 aliphatic carbocycles. The van der Waals surface area contributed by atoms with E-state index in [0.29, 0.717) is 18.7 Å². The lowest BCUT2D eigenvalue weighted by Crippen LogP contribution is -2.29. The second-order valence-corrected chi connectivity index (χ2v) is 4.61. The van der Waals surface area contributed by atoms with Crippen LogP contribution in [0.3, 0.4) is 0 Å². The van der Waals surface area contributed by atoms with Crippen LogP contribution >= 0.6 is 0 Å². The number of hydrogen-bond donors (Lipinski definition) is 1. The maximum absolute atomic E-state index is 12.2. The van der Waals surface area contributed by atoms with Crippen molar-refractivity contribution in [2.24, 2.45) is 0 Å². The molecule has 7 heteroatoms. The van der Waals surface area contributed by atoms with E-state index in [-0.39, 0.29) is 12.3 Å². The highest BCUT2D eigenvalue weighted by Crippen LogP contribution is 2.32. The van der Waals surface area contributed by atoms with Gasteiger partial charge in [0, 0.05) is 13.1 Å². The lowest BCUT2D eigenvalue weighted by atomic mass is 10.1. The SMILES string of the molecule is O=C(Cc1ccc(O)c(OC(F)(F)F)c1)N1CCCC1. The van der Waals surface area contributed by atoms with Crippen molar-refractivity contribution in [2.45, 2.75) is 25.6 Å².